The monoisotopic (exact) mass is 597 g/mol. The zero-order valence-electron chi connectivity index (χ0n) is 25.7. The largest absolute Gasteiger partial charge is 0.370 e. The minimum Gasteiger partial charge on any atom is -0.370 e. The van der Waals surface area contributed by atoms with E-state index < -0.39 is 0 Å². The van der Waals surface area contributed by atoms with Crippen LogP contribution in [0.1, 0.15) is 65.0 Å². The third kappa shape index (κ3) is 5.49. The molecular formula is C39H39N3O3. The molecule has 2 aliphatic heterocycles. The van der Waals surface area contributed by atoms with Crippen molar-refractivity contribution in [2.24, 2.45) is 0 Å². The number of hydrogen-bond donors (Lipinski definition) is 1. The lowest BCUT2D eigenvalue weighted by Crippen LogP contribution is -2.47. The van der Waals surface area contributed by atoms with Crippen LogP contribution in [0, 0.1) is 0 Å². The van der Waals surface area contributed by atoms with Crippen molar-refractivity contribution in [2.45, 2.75) is 50.8 Å². The van der Waals surface area contributed by atoms with E-state index in [9.17, 15) is 9.59 Å². The van der Waals surface area contributed by atoms with Gasteiger partial charge in [-0.25, -0.2) is 0 Å². The number of benzene rings is 4. The molecule has 5 aromatic rings. The fourth-order valence-electron chi connectivity index (χ4n) is 7.30. The minimum atomic E-state index is -0.280. The lowest BCUT2D eigenvalue weighted by Gasteiger charge is -2.45. The van der Waals surface area contributed by atoms with Crippen molar-refractivity contribution in [1.82, 2.24) is 14.8 Å². The number of pyridine rings is 1. The van der Waals surface area contributed by atoms with Gasteiger partial charge in [0, 0.05) is 36.1 Å². The average molecular weight is 598 g/mol. The molecule has 1 saturated heterocycles. The number of nitrogens with zero attached hydrogens (tertiary/aromatic N) is 2. The molecule has 3 heterocycles. The summed E-state index contributed by atoms with van der Waals surface area (Å²) >= 11 is 0. The van der Waals surface area contributed by atoms with Gasteiger partial charge in [0.05, 0.1) is 29.5 Å². The van der Waals surface area contributed by atoms with Crippen LogP contribution < -0.4 is 10.9 Å². The number of carbonyl (C=O) groups excluding carboxylic acids is 1. The van der Waals surface area contributed by atoms with Gasteiger partial charge in [-0.3, -0.25) is 19.1 Å². The number of rotatable bonds is 7. The van der Waals surface area contributed by atoms with Crippen LogP contribution in [0.4, 0.5) is 0 Å². The molecule has 6 heteroatoms. The Labute approximate surface area is 264 Å². The molecule has 1 amide bonds. The summed E-state index contributed by atoms with van der Waals surface area (Å²) in [7, 11) is 0. The number of piperidine rings is 1. The van der Waals surface area contributed by atoms with Crippen LogP contribution in [0.3, 0.4) is 0 Å². The summed E-state index contributed by atoms with van der Waals surface area (Å²) < 4.78 is 8.28. The third-order valence-corrected chi connectivity index (χ3v) is 9.64. The molecule has 228 valence electrons. The summed E-state index contributed by atoms with van der Waals surface area (Å²) in [6.07, 6.45) is 3.42. The number of aromatic nitrogens is 1. The third-order valence-electron chi connectivity index (χ3n) is 9.64. The van der Waals surface area contributed by atoms with E-state index in [4.69, 9.17) is 4.74 Å². The number of para-hydroxylation sites is 1. The Hall–Kier alpha value is -4.52. The molecule has 0 bridgehead atoms. The van der Waals surface area contributed by atoms with Gasteiger partial charge in [-0.15, -0.1) is 0 Å². The van der Waals surface area contributed by atoms with Crippen LogP contribution in [0.15, 0.2) is 114 Å². The van der Waals surface area contributed by atoms with Crippen molar-refractivity contribution in [3.63, 3.8) is 0 Å². The highest BCUT2D eigenvalue weighted by Crippen LogP contribution is 2.42. The second-order valence-electron chi connectivity index (χ2n) is 12.2. The summed E-state index contributed by atoms with van der Waals surface area (Å²) in [6, 6.07) is 35.8. The first-order chi connectivity index (χ1) is 22.1. The molecular weight excluding hydrogens is 558 g/mol. The number of amides is 1. The van der Waals surface area contributed by atoms with Gasteiger partial charge in [-0.05, 0) is 60.6 Å². The Kier molecular flexibility index (Phi) is 8.09. The molecule has 4 aromatic carbocycles. The van der Waals surface area contributed by atoms with Crippen molar-refractivity contribution >= 4 is 16.7 Å². The molecule has 1 aromatic heterocycles. The van der Waals surface area contributed by atoms with E-state index in [1.807, 2.05) is 84.9 Å². The van der Waals surface area contributed by atoms with Gasteiger partial charge in [-0.2, -0.15) is 0 Å². The summed E-state index contributed by atoms with van der Waals surface area (Å²) in [5.74, 6) is -0.167. The Morgan fingerprint density at radius 1 is 0.844 bits per heavy atom. The molecule has 45 heavy (non-hydrogen) atoms. The molecule has 0 unspecified atom stereocenters. The smallest absolute Gasteiger partial charge is 0.263 e. The summed E-state index contributed by atoms with van der Waals surface area (Å²) in [5.41, 5.74) is 5.39. The highest BCUT2D eigenvalue weighted by Gasteiger charge is 2.41. The van der Waals surface area contributed by atoms with Crippen LogP contribution in [0.2, 0.25) is 0 Å². The van der Waals surface area contributed by atoms with E-state index in [0.717, 1.165) is 56.6 Å². The number of carbonyl (C=O) groups is 1. The fraction of sp³-hybridized carbons (Fsp3) is 0.282. The molecule has 6 nitrogen and oxygen atoms in total. The first-order valence-corrected chi connectivity index (χ1v) is 16.1. The molecule has 1 N–H and O–H groups in total. The predicted molar refractivity (Wildman–Crippen MR) is 179 cm³/mol. The van der Waals surface area contributed by atoms with E-state index in [-0.39, 0.29) is 23.1 Å². The fourth-order valence-corrected chi connectivity index (χ4v) is 7.30. The highest BCUT2D eigenvalue weighted by atomic mass is 16.5. The van der Waals surface area contributed by atoms with Crippen LogP contribution >= 0.6 is 0 Å². The number of fused-ring (bicyclic) bond motifs is 3. The van der Waals surface area contributed by atoms with Gasteiger partial charge < -0.3 is 10.1 Å². The topological polar surface area (TPSA) is 63.6 Å². The van der Waals surface area contributed by atoms with Crippen molar-refractivity contribution in [3.8, 4) is 5.69 Å². The standard InChI is InChI=1S/C39H39N3O3/c1-2-34(29-14-5-3-6-15-29)40-37(43)36-31-18-10-11-19-32(31)38(44)42(30-16-7-4-8-17-30)35(36)27-41-24-22-39(23-25-41)33-20-12-9-13-28(33)21-26-45-39/h3-20,34H,2,21-27H2,1H3,(H,40,43)/t34-/m0/s1. The van der Waals surface area contributed by atoms with Crippen molar-refractivity contribution in [1.29, 1.82) is 0 Å². The second kappa shape index (κ2) is 12.5. The van der Waals surface area contributed by atoms with Gasteiger partial charge in [0.15, 0.2) is 0 Å². The number of hydrogen-bond acceptors (Lipinski definition) is 4. The quantitative estimate of drug-likeness (QED) is 0.221. The van der Waals surface area contributed by atoms with Gasteiger partial charge >= 0.3 is 0 Å². The first-order valence-electron chi connectivity index (χ1n) is 16.1. The molecule has 7 rings (SSSR count). The van der Waals surface area contributed by atoms with Crippen molar-refractivity contribution in [2.75, 3.05) is 19.7 Å². The number of likely N-dealkylation sites (tertiary alicyclic amines) is 1. The normalized spacial score (nSPS) is 16.7. The first kappa shape index (κ1) is 29.2. The highest BCUT2D eigenvalue weighted by molar-refractivity contribution is 6.08. The van der Waals surface area contributed by atoms with Crippen molar-refractivity contribution < 1.29 is 9.53 Å². The summed E-state index contributed by atoms with van der Waals surface area (Å²) in [5, 5.41) is 4.55. The SMILES string of the molecule is CC[C@H](NC(=O)c1c(CN2CCC3(CC2)OCCc2ccccc23)n(-c2ccccc2)c(=O)c2ccccc12)c1ccccc1. The molecule has 1 spiro atoms. The van der Waals surface area contributed by atoms with E-state index in [0.29, 0.717) is 28.6 Å². The van der Waals surface area contributed by atoms with Crippen LogP contribution in [0.5, 0.6) is 0 Å². The maximum Gasteiger partial charge on any atom is 0.263 e. The predicted octanol–water partition coefficient (Wildman–Crippen LogP) is 6.94. The van der Waals surface area contributed by atoms with Crippen LogP contribution in [-0.2, 0) is 23.3 Å². The molecule has 0 aliphatic carbocycles. The lowest BCUT2D eigenvalue weighted by atomic mass is 9.79. The van der Waals surface area contributed by atoms with Gasteiger partial charge in [0.1, 0.15) is 0 Å². The van der Waals surface area contributed by atoms with E-state index in [1.165, 1.54) is 11.1 Å². The van der Waals surface area contributed by atoms with Crippen LogP contribution in [-0.4, -0.2) is 35.1 Å². The Morgan fingerprint density at radius 3 is 2.22 bits per heavy atom. The van der Waals surface area contributed by atoms with Crippen LogP contribution in [0.25, 0.3) is 16.5 Å². The maximum atomic E-state index is 14.5. The zero-order valence-corrected chi connectivity index (χ0v) is 25.7. The number of ether oxygens (including phenoxy) is 1. The Balaban J connectivity index is 1.30. The van der Waals surface area contributed by atoms with Gasteiger partial charge in [0.2, 0.25) is 0 Å². The molecule has 0 saturated carbocycles. The maximum absolute atomic E-state index is 14.5. The molecule has 0 radical (unpaired) electrons. The zero-order chi connectivity index (χ0) is 30.8. The summed E-state index contributed by atoms with van der Waals surface area (Å²) in [6.45, 7) is 4.88. The average Bonchev–Trinajstić information content (AvgIpc) is 3.09. The van der Waals surface area contributed by atoms with E-state index in [2.05, 4.69) is 41.4 Å². The Bertz CT molecular complexity index is 1880. The van der Waals surface area contributed by atoms with Crippen molar-refractivity contribution in [3.05, 3.63) is 147 Å². The molecule has 2 aliphatic rings. The molecule has 1 fully saturated rings. The Morgan fingerprint density at radius 2 is 1.49 bits per heavy atom. The summed E-state index contributed by atoms with van der Waals surface area (Å²) in [4.78, 5) is 31.1. The van der Waals surface area contributed by atoms with E-state index in [1.54, 1.807) is 4.57 Å². The molecule has 1 atom stereocenters. The van der Waals surface area contributed by atoms with Gasteiger partial charge in [-0.1, -0.05) is 97.9 Å². The van der Waals surface area contributed by atoms with Gasteiger partial charge in [0.25, 0.3) is 11.5 Å². The second-order valence-corrected chi connectivity index (χ2v) is 12.2. The van der Waals surface area contributed by atoms with E-state index >= 15 is 0 Å². The minimum absolute atomic E-state index is 0.114. The lowest BCUT2D eigenvalue weighted by molar-refractivity contribution is -0.0990. The number of nitrogens with one attached hydrogen (secondary N) is 1.